The Balaban J connectivity index is 1.83. The Kier molecular flexibility index (Phi) is 7.36. The third-order valence-corrected chi connectivity index (χ3v) is 7.25. The average molecular weight is 481 g/mol. The number of hydrogen-bond donors (Lipinski definition) is 0. The Morgan fingerprint density at radius 1 is 0.559 bits per heavy atom. The maximum Gasteiger partial charge on any atom is 0.588 e. The van der Waals surface area contributed by atoms with Crippen LogP contribution in [0.4, 0.5) is 0 Å². The predicted octanol–water partition coefficient (Wildman–Crippen LogP) is 8.69. The summed E-state index contributed by atoms with van der Waals surface area (Å²) in [5, 5.41) is 0. The van der Waals surface area contributed by atoms with Gasteiger partial charge >= 0.3 is 7.82 Å². The first-order valence-corrected chi connectivity index (χ1v) is 13.1. The fraction of sp³-hybridized carbons (Fsp3) is 0.379. The van der Waals surface area contributed by atoms with E-state index in [2.05, 4.69) is 58.9 Å². The Hall–Kier alpha value is -2.55. The van der Waals surface area contributed by atoms with Gasteiger partial charge in [0.1, 0.15) is 11.5 Å². The van der Waals surface area contributed by atoms with Crippen molar-refractivity contribution >= 4 is 7.82 Å². The lowest BCUT2D eigenvalue weighted by Gasteiger charge is -2.28. The number of para-hydroxylation sites is 1. The first kappa shape index (κ1) is 26.1. The number of phosphoric ester groups is 1. The monoisotopic (exact) mass is 480 g/mol. The Morgan fingerprint density at radius 2 is 0.971 bits per heavy atom. The van der Waals surface area contributed by atoms with Crippen LogP contribution in [0.1, 0.15) is 72.1 Å². The van der Waals surface area contributed by atoms with E-state index in [0.29, 0.717) is 11.5 Å². The Labute approximate surface area is 204 Å². The summed E-state index contributed by atoms with van der Waals surface area (Å²) in [6, 6.07) is 25.3. The molecule has 0 N–H and O–H groups in total. The standard InChI is InChI=1S/C29H37O4P/c1-27(2,3)22-14-16-23(17-15-22)29(7,8)24-18-20-26(21-19-24)32-34(30,33-28(4,5)6)31-25-12-10-9-11-13-25/h9-21H,1-8H3. The molecule has 1 unspecified atom stereocenters. The van der Waals surface area contributed by atoms with E-state index < -0.39 is 13.4 Å². The fourth-order valence-electron chi connectivity index (χ4n) is 3.62. The average Bonchev–Trinajstić information content (AvgIpc) is 2.72. The second-order valence-electron chi connectivity index (χ2n) is 11.1. The van der Waals surface area contributed by atoms with E-state index >= 15 is 0 Å². The van der Waals surface area contributed by atoms with Crippen LogP contribution in [0.3, 0.4) is 0 Å². The second kappa shape index (κ2) is 9.60. The van der Waals surface area contributed by atoms with Gasteiger partial charge in [-0.15, -0.1) is 0 Å². The second-order valence-corrected chi connectivity index (χ2v) is 12.6. The zero-order chi connectivity index (χ0) is 25.2. The zero-order valence-corrected chi connectivity index (χ0v) is 22.5. The molecule has 0 aromatic heterocycles. The van der Waals surface area contributed by atoms with E-state index in [1.54, 1.807) is 12.1 Å². The van der Waals surface area contributed by atoms with E-state index in [4.69, 9.17) is 13.6 Å². The van der Waals surface area contributed by atoms with Gasteiger partial charge in [-0.25, -0.2) is 4.57 Å². The normalized spacial score (nSPS) is 14.4. The topological polar surface area (TPSA) is 44.8 Å². The lowest BCUT2D eigenvalue weighted by atomic mass is 9.77. The molecule has 34 heavy (non-hydrogen) atoms. The molecule has 0 aliphatic heterocycles. The van der Waals surface area contributed by atoms with Gasteiger partial charge in [-0.05, 0) is 67.1 Å². The highest BCUT2D eigenvalue weighted by Gasteiger charge is 2.36. The van der Waals surface area contributed by atoms with Crippen molar-refractivity contribution in [3.05, 3.63) is 95.6 Å². The van der Waals surface area contributed by atoms with Crippen LogP contribution in [0.25, 0.3) is 0 Å². The Bertz CT molecular complexity index is 1120. The molecule has 0 radical (unpaired) electrons. The molecule has 0 heterocycles. The van der Waals surface area contributed by atoms with Gasteiger partial charge in [-0.3, -0.25) is 4.52 Å². The SMILES string of the molecule is CC(C)(C)OP(=O)(Oc1ccccc1)Oc1ccc(C(C)(C)c2ccc(C(C)(C)C)cc2)cc1. The third kappa shape index (κ3) is 6.74. The van der Waals surface area contributed by atoms with Gasteiger partial charge in [0.05, 0.1) is 5.60 Å². The summed E-state index contributed by atoms with van der Waals surface area (Å²) in [5.41, 5.74) is 2.85. The van der Waals surface area contributed by atoms with Crippen molar-refractivity contribution in [2.45, 2.75) is 71.8 Å². The maximum atomic E-state index is 13.5. The number of rotatable bonds is 7. The summed E-state index contributed by atoms with van der Waals surface area (Å²) in [7, 11) is -3.92. The molecule has 0 amide bonds. The molecule has 5 heteroatoms. The zero-order valence-electron chi connectivity index (χ0n) is 21.6. The van der Waals surface area contributed by atoms with Crippen LogP contribution >= 0.6 is 7.82 Å². The maximum absolute atomic E-state index is 13.5. The number of hydrogen-bond acceptors (Lipinski definition) is 4. The summed E-state index contributed by atoms with van der Waals surface area (Å²) in [6.07, 6.45) is 0. The number of phosphoric acid groups is 1. The smallest absolute Gasteiger partial charge is 0.395 e. The van der Waals surface area contributed by atoms with Crippen LogP contribution in [0.15, 0.2) is 78.9 Å². The quantitative estimate of drug-likeness (QED) is 0.317. The molecule has 0 bridgehead atoms. The first-order chi connectivity index (χ1) is 15.7. The van der Waals surface area contributed by atoms with Gasteiger partial charge in [0.2, 0.25) is 0 Å². The number of benzene rings is 3. The van der Waals surface area contributed by atoms with Crippen molar-refractivity contribution in [1.82, 2.24) is 0 Å². The van der Waals surface area contributed by atoms with Crippen LogP contribution in [0.5, 0.6) is 11.5 Å². The van der Waals surface area contributed by atoms with Crippen LogP contribution in [0, 0.1) is 0 Å². The summed E-state index contributed by atoms with van der Waals surface area (Å²) in [5.74, 6) is 0.845. The predicted molar refractivity (Wildman–Crippen MR) is 140 cm³/mol. The molecule has 4 nitrogen and oxygen atoms in total. The van der Waals surface area contributed by atoms with Gasteiger partial charge in [0, 0.05) is 5.41 Å². The van der Waals surface area contributed by atoms with Crippen molar-refractivity contribution in [3.63, 3.8) is 0 Å². The van der Waals surface area contributed by atoms with Crippen molar-refractivity contribution in [3.8, 4) is 11.5 Å². The highest BCUT2D eigenvalue weighted by molar-refractivity contribution is 7.49. The lowest BCUT2D eigenvalue weighted by molar-refractivity contribution is 0.0882. The fourth-order valence-corrected chi connectivity index (χ4v) is 5.16. The molecule has 0 fully saturated rings. The van der Waals surface area contributed by atoms with E-state index in [1.165, 1.54) is 11.1 Å². The highest BCUT2D eigenvalue weighted by Crippen LogP contribution is 2.52. The molecule has 0 aliphatic carbocycles. The van der Waals surface area contributed by atoms with Crippen molar-refractivity contribution < 1.29 is 18.1 Å². The molecule has 3 aromatic rings. The minimum absolute atomic E-state index is 0.118. The Morgan fingerprint density at radius 3 is 1.41 bits per heavy atom. The molecule has 1 atom stereocenters. The largest absolute Gasteiger partial charge is 0.588 e. The molecule has 182 valence electrons. The van der Waals surface area contributed by atoms with E-state index in [9.17, 15) is 4.57 Å². The van der Waals surface area contributed by atoms with E-state index in [-0.39, 0.29) is 10.8 Å². The van der Waals surface area contributed by atoms with Crippen LogP contribution in [-0.4, -0.2) is 5.60 Å². The third-order valence-electron chi connectivity index (χ3n) is 5.61. The van der Waals surface area contributed by atoms with Crippen LogP contribution in [0.2, 0.25) is 0 Å². The van der Waals surface area contributed by atoms with Gasteiger partial charge in [-0.1, -0.05) is 89.2 Å². The molecular weight excluding hydrogens is 443 g/mol. The van der Waals surface area contributed by atoms with Crippen molar-refractivity contribution in [2.75, 3.05) is 0 Å². The molecule has 3 aromatic carbocycles. The van der Waals surface area contributed by atoms with Crippen molar-refractivity contribution in [2.24, 2.45) is 0 Å². The summed E-state index contributed by atoms with van der Waals surface area (Å²) in [4.78, 5) is 0. The lowest BCUT2D eigenvalue weighted by Crippen LogP contribution is -2.21. The highest BCUT2D eigenvalue weighted by atomic mass is 31.2. The summed E-state index contributed by atoms with van der Waals surface area (Å²) < 4.78 is 30.8. The van der Waals surface area contributed by atoms with Gasteiger partial charge < -0.3 is 9.05 Å². The van der Waals surface area contributed by atoms with Crippen molar-refractivity contribution in [1.29, 1.82) is 0 Å². The molecule has 3 rings (SSSR count). The molecule has 0 aliphatic rings. The first-order valence-electron chi connectivity index (χ1n) is 11.6. The van der Waals surface area contributed by atoms with Gasteiger partial charge in [0.25, 0.3) is 0 Å². The minimum Gasteiger partial charge on any atom is -0.395 e. The van der Waals surface area contributed by atoms with Gasteiger partial charge in [0.15, 0.2) is 0 Å². The van der Waals surface area contributed by atoms with E-state index in [1.807, 2.05) is 63.2 Å². The molecular formula is C29H37O4P. The molecule has 0 saturated heterocycles. The summed E-state index contributed by atoms with van der Waals surface area (Å²) in [6.45, 7) is 16.5. The summed E-state index contributed by atoms with van der Waals surface area (Å²) >= 11 is 0. The van der Waals surface area contributed by atoms with Crippen LogP contribution in [-0.2, 0) is 19.9 Å². The molecule has 0 spiro atoms. The minimum atomic E-state index is -3.92. The van der Waals surface area contributed by atoms with Crippen LogP contribution < -0.4 is 9.05 Å². The molecule has 0 saturated carbocycles. The van der Waals surface area contributed by atoms with Gasteiger partial charge in [-0.2, -0.15) is 0 Å². The van der Waals surface area contributed by atoms with E-state index in [0.717, 1.165) is 5.56 Å².